The van der Waals surface area contributed by atoms with Gasteiger partial charge in [-0.25, -0.2) is 0 Å². The van der Waals surface area contributed by atoms with Crippen molar-refractivity contribution in [3.8, 4) is 0 Å². The molecule has 0 bridgehead atoms. The minimum absolute atomic E-state index is 0.451. The first kappa shape index (κ1) is 11.6. The maximum absolute atomic E-state index is 5.50. The predicted octanol–water partition coefficient (Wildman–Crippen LogP) is 0.709. The van der Waals surface area contributed by atoms with Crippen molar-refractivity contribution in [1.82, 2.24) is 10.6 Å². The van der Waals surface area contributed by atoms with Gasteiger partial charge < -0.3 is 19.8 Å². The minimum Gasteiger partial charge on any atom is -0.466 e. The first-order valence-electron chi connectivity index (χ1n) is 5.92. The molecule has 1 fully saturated rings. The molecule has 2 heterocycles. The molecule has 1 atom stereocenters. The Labute approximate surface area is 96.4 Å². The first-order valence-corrected chi connectivity index (χ1v) is 5.92. The van der Waals surface area contributed by atoms with Crippen LogP contribution in [0, 0.1) is 6.92 Å². The number of hydrogen-bond donors (Lipinski definition) is 2. The molecule has 2 N–H and O–H groups in total. The van der Waals surface area contributed by atoms with Gasteiger partial charge in [0.15, 0.2) is 0 Å². The van der Waals surface area contributed by atoms with E-state index < -0.39 is 0 Å². The second kappa shape index (κ2) is 6.03. The molecular weight excluding hydrogens is 204 g/mol. The minimum atomic E-state index is 0.451. The highest BCUT2D eigenvalue weighted by Gasteiger charge is 2.11. The van der Waals surface area contributed by atoms with E-state index in [1.807, 2.05) is 19.1 Å². The Morgan fingerprint density at radius 1 is 1.50 bits per heavy atom. The Bertz CT molecular complexity index is 306. The molecule has 0 radical (unpaired) electrons. The monoisotopic (exact) mass is 224 g/mol. The number of hydrogen-bond acceptors (Lipinski definition) is 4. The summed E-state index contributed by atoms with van der Waals surface area (Å²) in [4.78, 5) is 0. The van der Waals surface area contributed by atoms with E-state index in [-0.39, 0.29) is 0 Å². The summed E-state index contributed by atoms with van der Waals surface area (Å²) >= 11 is 0. The normalized spacial score (nSPS) is 21.2. The van der Waals surface area contributed by atoms with Crippen LogP contribution in [0.4, 0.5) is 0 Å². The molecule has 4 nitrogen and oxygen atoms in total. The second-order valence-corrected chi connectivity index (χ2v) is 4.19. The van der Waals surface area contributed by atoms with Crippen molar-refractivity contribution in [1.29, 1.82) is 0 Å². The molecule has 1 aliphatic rings. The van der Waals surface area contributed by atoms with Crippen LogP contribution in [0.5, 0.6) is 0 Å². The molecule has 0 saturated carbocycles. The number of rotatable bonds is 5. The van der Waals surface area contributed by atoms with Crippen LogP contribution in [-0.2, 0) is 11.2 Å². The molecule has 1 aromatic heterocycles. The quantitative estimate of drug-likeness (QED) is 0.723. The lowest BCUT2D eigenvalue weighted by Gasteiger charge is -2.23. The number of ether oxygens (including phenoxy) is 1. The fourth-order valence-electron chi connectivity index (χ4n) is 1.86. The number of nitrogens with one attached hydrogen (secondary N) is 2. The van der Waals surface area contributed by atoms with E-state index in [2.05, 4.69) is 10.6 Å². The van der Waals surface area contributed by atoms with Gasteiger partial charge in [0.05, 0.1) is 13.2 Å². The van der Waals surface area contributed by atoms with Crippen LogP contribution in [0.1, 0.15) is 11.5 Å². The fraction of sp³-hybridized carbons (Fsp3) is 0.667. The van der Waals surface area contributed by atoms with Gasteiger partial charge in [-0.05, 0) is 19.1 Å². The van der Waals surface area contributed by atoms with Gasteiger partial charge in [-0.15, -0.1) is 0 Å². The topological polar surface area (TPSA) is 46.4 Å². The summed E-state index contributed by atoms with van der Waals surface area (Å²) < 4.78 is 10.9. The van der Waals surface area contributed by atoms with E-state index in [4.69, 9.17) is 9.15 Å². The van der Waals surface area contributed by atoms with Gasteiger partial charge in [0.25, 0.3) is 0 Å². The Morgan fingerprint density at radius 3 is 3.12 bits per heavy atom. The molecule has 16 heavy (non-hydrogen) atoms. The molecule has 4 heteroatoms. The van der Waals surface area contributed by atoms with E-state index in [9.17, 15) is 0 Å². The molecular formula is C12H20N2O2. The number of morpholine rings is 1. The molecule has 1 unspecified atom stereocenters. The summed E-state index contributed by atoms with van der Waals surface area (Å²) in [6.45, 7) is 6.49. The van der Waals surface area contributed by atoms with Crippen LogP contribution in [0.2, 0.25) is 0 Å². The molecule has 0 spiro atoms. The first-order chi connectivity index (χ1) is 7.84. The van der Waals surface area contributed by atoms with Crippen molar-refractivity contribution in [2.75, 3.05) is 32.8 Å². The van der Waals surface area contributed by atoms with E-state index in [0.29, 0.717) is 6.04 Å². The highest BCUT2D eigenvalue weighted by atomic mass is 16.5. The van der Waals surface area contributed by atoms with Crippen LogP contribution in [0.3, 0.4) is 0 Å². The Hall–Kier alpha value is -0.840. The van der Waals surface area contributed by atoms with Gasteiger partial charge in [-0.1, -0.05) is 0 Å². The molecule has 0 aromatic carbocycles. The van der Waals surface area contributed by atoms with E-state index in [0.717, 1.165) is 50.8 Å². The Balaban J connectivity index is 1.57. The lowest BCUT2D eigenvalue weighted by atomic mass is 10.2. The molecule has 1 aromatic rings. The van der Waals surface area contributed by atoms with Crippen LogP contribution in [-0.4, -0.2) is 38.9 Å². The molecule has 0 aliphatic carbocycles. The van der Waals surface area contributed by atoms with Crippen molar-refractivity contribution in [2.24, 2.45) is 0 Å². The maximum Gasteiger partial charge on any atom is 0.105 e. The summed E-state index contributed by atoms with van der Waals surface area (Å²) in [5.74, 6) is 2.04. The average Bonchev–Trinajstić information content (AvgIpc) is 2.72. The second-order valence-electron chi connectivity index (χ2n) is 4.19. The summed E-state index contributed by atoms with van der Waals surface area (Å²) in [5.41, 5.74) is 0. The smallest absolute Gasteiger partial charge is 0.105 e. The van der Waals surface area contributed by atoms with Gasteiger partial charge in [-0.2, -0.15) is 0 Å². The molecule has 2 rings (SSSR count). The van der Waals surface area contributed by atoms with Crippen LogP contribution in [0.15, 0.2) is 16.5 Å². The largest absolute Gasteiger partial charge is 0.466 e. The zero-order valence-corrected chi connectivity index (χ0v) is 9.79. The van der Waals surface area contributed by atoms with E-state index in [1.165, 1.54) is 0 Å². The summed E-state index contributed by atoms with van der Waals surface area (Å²) in [7, 11) is 0. The molecule has 1 aliphatic heterocycles. The highest BCUT2D eigenvalue weighted by Crippen LogP contribution is 2.05. The SMILES string of the molecule is Cc1ccc(CCNCC2COCCN2)o1. The zero-order chi connectivity index (χ0) is 11.2. The van der Waals surface area contributed by atoms with Crippen molar-refractivity contribution < 1.29 is 9.15 Å². The fourth-order valence-corrected chi connectivity index (χ4v) is 1.86. The molecule has 0 amide bonds. The lowest BCUT2D eigenvalue weighted by Crippen LogP contribution is -2.47. The summed E-state index contributed by atoms with van der Waals surface area (Å²) in [6.07, 6.45) is 0.946. The lowest BCUT2D eigenvalue weighted by molar-refractivity contribution is 0.0768. The van der Waals surface area contributed by atoms with E-state index >= 15 is 0 Å². The van der Waals surface area contributed by atoms with Crippen molar-refractivity contribution in [3.05, 3.63) is 23.7 Å². The van der Waals surface area contributed by atoms with E-state index in [1.54, 1.807) is 0 Å². The number of aryl methyl sites for hydroxylation is 1. The van der Waals surface area contributed by atoms with Gasteiger partial charge >= 0.3 is 0 Å². The van der Waals surface area contributed by atoms with Crippen LogP contribution < -0.4 is 10.6 Å². The third-order valence-corrected chi connectivity index (χ3v) is 2.73. The van der Waals surface area contributed by atoms with Gasteiger partial charge in [-0.3, -0.25) is 0 Å². The maximum atomic E-state index is 5.50. The summed E-state index contributed by atoms with van der Waals surface area (Å²) in [5, 5.41) is 6.82. The Morgan fingerprint density at radius 2 is 2.44 bits per heavy atom. The standard InChI is InChI=1S/C12H20N2O2/c1-10-2-3-12(16-10)4-5-13-8-11-9-15-7-6-14-11/h2-3,11,13-14H,4-9H2,1H3. The van der Waals surface area contributed by atoms with Gasteiger partial charge in [0.2, 0.25) is 0 Å². The van der Waals surface area contributed by atoms with Gasteiger partial charge in [0.1, 0.15) is 11.5 Å². The van der Waals surface area contributed by atoms with Crippen molar-refractivity contribution >= 4 is 0 Å². The third kappa shape index (κ3) is 3.63. The third-order valence-electron chi connectivity index (χ3n) is 2.73. The average molecular weight is 224 g/mol. The molecule has 90 valence electrons. The summed E-state index contributed by atoms with van der Waals surface area (Å²) in [6, 6.07) is 4.50. The van der Waals surface area contributed by atoms with Crippen molar-refractivity contribution in [3.63, 3.8) is 0 Å². The Kier molecular flexibility index (Phi) is 4.39. The van der Waals surface area contributed by atoms with Crippen LogP contribution >= 0.6 is 0 Å². The highest BCUT2D eigenvalue weighted by molar-refractivity contribution is 5.05. The molecule has 1 saturated heterocycles. The van der Waals surface area contributed by atoms with Crippen molar-refractivity contribution in [2.45, 2.75) is 19.4 Å². The number of furan rings is 1. The van der Waals surface area contributed by atoms with Crippen LogP contribution in [0.25, 0.3) is 0 Å². The predicted molar refractivity (Wildman–Crippen MR) is 62.6 cm³/mol. The zero-order valence-electron chi connectivity index (χ0n) is 9.79. The van der Waals surface area contributed by atoms with Gasteiger partial charge in [0, 0.05) is 32.1 Å².